The molecule has 0 nitrogen and oxygen atoms in total. The van der Waals surface area contributed by atoms with Crippen LogP contribution in [0.3, 0.4) is 0 Å². The van der Waals surface area contributed by atoms with Crippen molar-refractivity contribution in [1.82, 2.24) is 0 Å². The quantitative estimate of drug-likeness (QED) is 0.381. The molecular weight excluding hydrogens is 145 g/mol. The van der Waals surface area contributed by atoms with Crippen LogP contribution >= 0.6 is 0 Å². The van der Waals surface area contributed by atoms with Gasteiger partial charge in [-0.3, -0.25) is 0 Å². The first-order valence-electron chi connectivity index (χ1n) is 4.24. The summed E-state index contributed by atoms with van der Waals surface area (Å²) in [5.41, 5.74) is 0. The molecule has 9 heteroatoms. The van der Waals surface area contributed by atoms with Gasteiger partial charge in [0, 0.05) is 0 Å². The van der Waals surface area contributed by atoms with Crippen LogP contribution in [0, 0.1) is 0 Å². The third-order valence-electron chi connectivity index (χ3n) is 1.75. The molecule has 0 heterocycles. The standard InChI is InChI=1S/C4H6B9/c1-2-3-4-9-13(11(6)7)12(8)10-5/h2-4H,1H3. The van der Waals surface area contributed by atoms with Crippen molar-refractivity contribution in [3.63, 3.8) is 0 Å². The predicted octanol–water partition coefficient (Wildman–Crippen LogP) is -2.51. The maximum absolute atomic E-state index is 5.68. The van der Waals surface area contributed by atoms with E-state index in [2.05, 4.69) is 0 Å². The summed E-state index contributed by atoms with van der Waals surface area (Å²) in [4.78, 5) is 0. The van der Waals surface area contributed by atoms with Crippen LogP contribution in [-0.4, -0.2) is 69.9 Å². The normalized spacial score (nSPS) is 9.92. The van der Waals surface area contributed by atoms with Crippen molar-refractivity contribution in [3.05, 3.63) is 12.2 Å². The molecule has 0 atom stereocenters. The zero-order valence-electron chi connectivity index (χ0n) is 7.93. The van der Waals surface area contributed by atoms with Gasteiger partial charge in [0.15, 0.2) is 0 Å². The molecule has 0 aromatic carbocycles. The summed E-state index contributed by atoms with van der Waals surface area (Å²) in [6, 6.07) is 0. The van der Waals surface area contributed by atoms with Gasteiger partial charge in [0.1, 0.15) is 0 Å². The van der Waals surface area contributed by atoms with Gasteiger partial charge < -0.3 is 0 Å². The van der Waals surface area contributed by atoms with Crippen LogP contribution in [0.25, 0.3) is 0 Å². The van der Waals surface area contributed by atoms with Gasteiger partial charge >= 0.3 is 89.0 Å². The van der Waals surface area contributed by atoms with E-state index < -0.39 is 6.39 Å². The van der Waals surface area contributed by atoms with Crippen molar-refractivity contribution in [1.29, 1.82) is 0 Å². The van der Waals surface area contributed by atoms with E-state index in [1.54, 1.807) is 0 Å². The summed E-state index contributed by atoms with van der Waals surface area (Å²) in [6.45, 7) is 3.79. The molecule has 0 aromatic rings. The minimum atomic E-state index is -0.490. The first-order chi connectivity index (χ1) is 6.13. The fourth-order valence-corrected chi connectivity index (χ4v) is 0.945. The molecule has 0 aromatic heterocycles. The zero-order valence-corrected chi connectivity index (χ0v) is 7.93. The van der Waals surface area contributed by atoms with Gasteiger partial charge in [0.25, 0.3) is 0 Å². The van der Waals surface area contributed by atoms with E-state index in [4.69, 9.17) is 30.9 Å². The van der Waals surface area contributed by atoms with Gasteiger partial charge in [-0.25, -0.2) is 0 Å². The summed E-state index contributed by atoms with van der Waals surface area (Å²) >= 11 is 0. The van der Waals surface area contributed by atoms with Crippen molar-refractivity contribution in [2.24, 2.45) is 0 Å². The first kappa shape index (κ1) is 13.2. The van der Waals surface area contributed by atoms with Gasteiger partial charge in [-0.1, -0.05) is 0 Å². The maximum atomic E-state index is 5.68. The monoisotopic (exact) mass is 153 g/mol. The topological polar surface area (TPSA) is 0 Å². The Morgan fingerprint density at radius 3 is 2.23 bits per heavy atom. The van der Waals surface area contributed by atoms with Crippen molar-refractivity contribution in [2.45, 2.75) is 6.92 Å². The second-order valence-corrected chi connectivity index (χ2v) is 2.84. The Hall–Kier alpha value is 0.194. The van der Waals surface area contributed by atoms with Crippen LogP contribution in [0.15, 0.2) is 12.2 Å². The molecule has 0 unspecified atom stereocenters. The van der Waals surface area contributed by atoms with E-state index >= 15 is 0 Å². The number of hydrogen-bond donors (Lipinski definition) is 0. The molecule has 0 bridgehead atoms. The molecule has 0 N–H and O–H groups in total. The Morgan fingerprint density at radius 2 is 1.85 bits per heavy atom. The number of hydrogen-bond acceptors (Lipinski definition) is 0. The molecular formula is C4H6B9. The van der Waals surface area contributed by atoms with Crippen LogP contribution in [0.4, 0.5) is 0 Å². The molecule has 49 valence electrons. The Balaban J connectivity index is 4.25. The Bertz CT molecular complexity index is 174. The van der Waals surface area contributed by atoms with E-state index in [0.717, 1.165) is 0 Å². The summed E-state index contributed by atoms with van der Waals surface area (Å²) in [5, 5.41) is 0. The minimum absolute atomic E-state index is 0.124. The molecule has 0 rings (SSSR count). The molecule has 0 aliphatic carbocycles. The molecule has 0 saturated carbocycles. The SMILES string of the molecule is [B][B]B([B])B(B=CC=CC)B([B])[B]. The van der Waals surface area contributed by atoms with E-state index in [1.807, 2.05) is 31.9 Å². The summed E-state index contributed by atoms with van der Waals surface area (Å²) < 4.78 is 0. The van der Waals surface area contributed by atoms with Crippen LogP contribution in [0.2, 0.25) is 0 Å². The van der Waals surface area contributed by atoms with E-state index in [0.29, 0.717) is 0 Å². The molecule has 0 amide bonds. The van der Waals surface area contributed by atoms with Crippen molar-refractivity contribution < 1.29 is 0 Å². The molecule has 13 heavy (non-hydrogen) atoms. The van der Waals surface area contributed by atoms with Gasteiger partial charge in [0.2, 0.25) is 0 Å². The summed E-state index contributed by atoms with van der Waals surface area (Å²) in [7, 11) is 23.5. The zero-order chi connectivity index (χ0) is 10.3. The Labute approximate surface area is 89.3 Å². The fourth-order valence-electron chi connectivity index (χ4n) is 0.945. The second kappa shape index (κ2) is 7.58. The molecule has 9 radical (unpaired) electrons. The third-order valence-corrected chi connectivity index (χ3v) is 1.75. The van der Waals surface area contributed by atoms with Crippen LogP contribution in [0.1, 0.15) is 6.92 Å². The van der Waals surface area contributed by atoms with Gasteiger partial charge in [-0.2, -0.15) is 0 Å². The van der Waals surface area contributed by atoms with Crippen LogP contribution in [-0.2, 0) is 0 Å². The summed E-state index contributed by atoms with van der Waals surface area (Å²) in [6.07, 6.45) is 2.88. The Kier molecular flexibility index (Phi) is 7.70. The van der Waals surface area contributed by atoms with Crippen LogP contribution in [0.5, 0.6) is 0 Å². The van der Waals surface area contributed by atoms with E-state index in [9.17, 15) is 0 Å². The average molecular weight is 151 g/mol. The van der Waals surface area contributed by atoms with Crippen molar-refractivity contribution in [2.75, 3.05) is 0 Å². The van der Waals surface area contributed by atoms with E-state index in [-0.39, 0.29) is 12.8 Å². The molecule has 0 fully saturated rings. The fraction of sp³-hybridized carbons (Fsp3) is 0.250. The van der Waals surface area contributed by atoms with Crippen molar-refractivity contribution >= 4 is 69.9 Å². The van der Waals surface area contributed by atoms with E-state index in [1.165, 1.54) is 7.06 Å². The molecule has 0 saturated heterocycles. The molecule has 0 aliphatic rings. The molecule has 0 aliphatic heterocycles. The van der Waals surface area contributed by atoms with Gasteiger partial charge in [-0.15, -0.1) is 0 Å². The molecule has 0 spiro atoms. The first-order valence-corrected chi connectivity index (χ1v) is 4.24. The van der Waals surface area contributed by atoms with Gasteiger partial charge in [-0.05, 0) is 0 Å². The summed E-state index contributed by atoms with van der Waals surface area (Å²) in [5.74, 6) is 1.86. The average Bonchev–Trinajstić information content (AvgIpc) is 2.11. The van der Waals surface area contributed by atoms with Crippen LogP contribution < -0.4 is 0 Å². The predicted molar refractivity (Wildman–Crippen MR) is 72.7 cm³/mol. The number of rotatable bonds is 5. The third kappa shape index (κ3) is 5.49. The van der Waals surface area contributed by atoms with Gasteiger partial charge in [0.05, 0.1) is 0 Å². The Morgan fingerprint density at radius 1 is 1.23 bits per heavy atom. The second-order valence-electron chi connectivity index (χ2n) is 2.84. The number of allylic oxidation sites excluding steroid dienone is 2. The van der Waals surface area contributed by atoms with Crippen molar-refractivity contribution in [3.8, 4) is 0 Å².